The Morgan fingerprint density at radius 3 is 2.18 bits per heavy atom. The summed E-state index contributed by atoms with van der Waals surface area (Å²) in [5.41, 5.74) is 8.17. The predicted molar refractivity (Wildman–Crippen MR) is 71.9 cm³/mol. The molecule has 0 amide bonds. The van der Waals surface area contributed by atoms with E-state index >= 15 is 0 Å². The second-order valence-corrected chi connectivity index (χ2v) is 4.80. The number of rotatable bonds is 5. The topological polar surface area (TPSA) is 47.3 Å². The monoisotopic (exact) mass is 236 g/mol. The molecule has 0 fully saturated rings. The molecule has 2 atom stereocenters. The van der Waals surface area contributed by atoms with Crippen LogP contribution in [0.5, 0.6) is 0 Å². The first-order valence-corrected chi connectivity index (χ1v) is 6.05. The summed E-state index contributed by atoms with van der Waals surface area (Å²) in [6.07, 6.45) is 0.990. The van der Waals surface area contributed by atoms with Crippen molar-refractivity contribution in [3.8, 4) is 0 Å². The van der Waals surface area contributed by atoms with Gasteiger partial charge in [0.25, 0.3) is 0 Å². The number of hydrogen-bond donors (Lipinski definition) is 2. The van der Waals surface area contributed by atoms with Gasteiger partial charge in [-0.1, -0.05) is 17.7 Å². The molecule has 0 saturated carbocycles. The summed E-state index contributed by atoms with van der Waals surface area (Å²) in [4.78, 5) is 0. The molecule has 1 rings (SSSR count). The zero-order valence-corrected chi connectivity index (χ0v) is 11.5. The molecule has 0 saturated heterocycles. The first-order chi connectivity index (χ1) is 7.99. The number of benzene rings is 1. The molecule has 0 spiro atoms. The molecular weight excluding hydrogens is 212 g/mol. The highest BCUT2D eigenvalue weighted by Gasteiger charge is 2.17. The first kappa shape index (κ1) is 14.2. The fourth-order valence-electron chi connectivity index (χ4n) is 2.28. The summed E-state index contributed by atoms with van der Waals surface area (Å²) in [7, 11) is 1.71. The van der Waals surface area contributed by atoms with Crippen LogP contribution in [0.4, 0.5) is 0 Å². The number of hydrogen-bond acceptors (Lipinski definition) is 3. The summed E-state index contributed by atoms with van der Waals surface area (Å²) in [5.74, 6) is 5.60. The molecule has 1 aromatic rings. The highest BCUT2D eigenvalue weighted by molar-refractivity contribution is 5.38. The molecule has 3 heteroatoms. The Balaban J connectivity index is 2.93. The second-order valence-electron chi connectivity index (χ2n) is 4.80. The zero-order valence-electron chi connectivity index (χ0n) is 11.5. The van der Waals surface area contributed by atoms with Gasteiger partial charge < -0.3 is 4.74 Å². The Kier molecular flexibility index (Phi) is 5.12. The smallest absolute Gasteiger partial charge is 0.0712 e. The zero-order chi connectivity index (χ0) is 13.0. The van der Waals surface area contributed by atoms with Gasteiger partial charge in [0.2, 0.25) is 0 Å². The molecule has 17 heavy (non-hydrogen) atoms. The van der Waals surface area contributed by atoms with Crippen molar-refractivity contribution in [2.45, 2.75) is 46.3 Å². The summed E-state index contributed by atoms with van der Waals surface area (Å²) < 4.78 is 5.34. The Hall–Kier alpha value is -0.900. The van der Waals surface area contributed by atoms with Crippen molar-refractivity contribution in [1.82, 2.24) is 5.43 Å². The van der Waals surface area contributed by atoms with Gasteiger partial charge in [0.15, 0.2) is 0 Å². The van der Waals surface area contributed by atoms with E-state index in [2.05, 4.69) is 38.3 Å². The first-order valence-electron chi connectivity index (χ1n) is 6.05. The lowest BCUT2D eigenvalue weighted by Gasteiger charge is -2.24. The second kappa shape index (κ2) is 6.15. The van der Waals surface area contributed by atoms with Crippen molar-refractivity contribution in [3.63, 3.8) is 0 Å². The van der Waals surface area contributed by atoms with Crippen LogP contribution in [0.15, 0.2) is 12.1 Å². The van der Waals surface area contributed by atoms with Gasteiger partial charge in [-0.2, -0.15) is 0 Å². The third-order valence-electron chi connectivity index (χ3n) is 3.42. The van der Waals surface area contributed by atoms with Crippen LogP contribution in [0.2, 0.25) is 0 Å². The molecule has 0 radical (unpaired) electrons. The number of hydrazine groups is 1. The molecule has 0 bridgehead atoms. The molecule has 0 heterocycles. The third-order valence-corrected chi connectivity index (χ3v) is 3.42. The molecule has 3 nitrogen and oxygen atoms in total. The van der Waals surface area contributed by atoms with E-state index < -0.39 is 0 Å². The number of nitrogens with two attached hydrogens (primary N) is 1. The van der Waals surface area contributed by atoms with Crippen LogP contribution in [-0.4, -0.2) is 19.3 Å². The standard InChI is InChI=1S/C14H24N2O/c1-9-6-10(2)13(11(3)7-9)8-14(16-15)12(4)17-5/h6-7,12,14,16H,8,15H2,1-5H3. The average molecular weight is 236 g/mol. The number of ether oxygens (including phenoxy) is 1. The lowest BCUT2D eigenvalue weighted by Crippen LogP contribution is -2.45. The van der Waals surface area contributed by atoms with E-state index in [0.29, 0.717) is 0 Å². The Labute approximate surface area is 104 Å². The molecule has 2 unspecified atom stereocenters. The Bertz CT molecular complexity index is 353. The average Bonchev–Trinajstić information content (AvgIpc) is 2.27. The van der Waals surface area contributed by atoms with Crippen molar-refractivity contribution >= 4 is 0 Å². The minimum atomic E-state index is 0.0973. The maximum atomic E-state index is 5.60. The van der Waals surface area contributed by atoms with Crippen LogP contribution in [0.3, 0.4) is 0 Å². The molecule has 1 aromatic carbocycles. The minimum Gasteiger partial charge on any atom is -0.380 e. The number of aryl methyl sites for hydroxylation is 3. The van der Waals surface area contributed by atoms with E-state index in [9.17, 15) is 0 Å². The van der Waals surface area contributed by atoms with Crippen LogP contribution >= 0.6 is 0 Å². The van der Waals surface area contributed by atoms with Gasteiger partial charge >= 0.3 is 0 Å². The molecule has 0 aliphatic carbocycles. The maximum Gasteiger partial charge on any atom is 0.0712 e. The van der Waals surface area contributed by atoms with Crippen LogP contribution in [-0.2, 0) is 11.2 Å². The molecule has 0 aromatic heterocycles. The molecular formula is C14H24N2O. The van der Waals surface area contributed by atoms with E-state index in [-0.39, 0.29) is 12.1 Å². The minimum absolute atomic E-state index is 0.0973. The van der Waals surface area contributed by atoms with Gasteiger partial charge in [0, 0.05) is 7.11 Å². The van der Waals surface area contributed by atoms with Crippen LogP contribution in [0.1, 0.15) is 29.2 Å². The molecule has 3 N–H and O–H groups in total. The largest absolute Gasteiger partial charge is 0.380 e. The maximum absolute atomic E-state index is 5.60. The predicted octanol–water partition coefficient (Wildman–Crippen LogP) is 2.02. The Morgan fingerprint density at radius 1 is 1.24 bits per heavy atom. The van der Waals surface area contributed by atoms with Gasteiger partial charge in [0.1, 0.15) is 0 Å². The van der Waals surface area contributed by atoms with E-state index in [0.717, 1.165) is 6.42 Å². The van der Waals surface area contributed by atoms with Crippen molar-refractivity contribution in [2.75, 3.05) is 7.11 Å². The van der Waals surface area contributed by atoms with Crippen molar-refractivity contribution in [1.29, 1.82) is 0 Å². The van der Waals surface area contributed by atoms with E-state index in [1.54, 1.807) is 7.11 Å². The van der Waals surface area contributed by atoms with Crippen LogP contribution in [0.25, 0.3) is 0 Å². The van der Waals surface area contributed by atoms with Crippen molar-refractivity contribution in [3.05, 3.63) is 34.4 Å². The summed E-state index contributed by atoms with van der Waals surface area (Å²) in [6, 6.07) is 4.57. The van der Waals surface area contributed by atoms with Crippen molar-refractivity contribution in [2.24, 2.45) is 5.84 Å². The van der Waals surface area contributed by atoms with Crippen LogP contribution < -0.4 is 11.3 Å². The van der Waals surface area contributed by atoms with E-state index in [1.165, 1.54) is 22.3 Å². The lowest BCUT2D eigenvalue weighted by atomic mass is 9.93. The SMILES string of the molecule is COC(C)C(Cc1c(C)cc(C)cc1C)NN. The van der Waals surface area contributed by atoms with Gasteiger partial charge in [-0.15, -0.1) is 0 Å². The summed E-state index contributed by atoms with van der Waals surface area (Å²) in [5, 5.41) is 0. The van der Waals surface area contributed by atoms with Gasteiger partial charge in [-0.3, -0.25) is 11.3 Å². The summed E-state index contributed by atoms with van der Waals surface area (Å²) in [6.45, 7) is 8.46. The van der Waals surface area contributed by atoms with E-state index in [4.69, 9.17) is 10.6 Å². The number of methoxy groups -OCH3 is 1. The lowest BCUT2D eigenvalue weighted by molar-refractivity contribution is 0.0830. The molecule has 96 valence electrons. The molecule has 0 aliphatic heterocycles. The van der Waals surface area contributed by atoms with Gasteiger partial charge in [-0.25, -0.2) is 0 Å². The third kappa shape index (κ3) is 3.53. The van der Waals surface area contributed by atoms with Crippen molar-refractivity contribution < 1.29 is 4.74 Å². The quantitative estimate of drug-likeness (QED) is 0.607. The van der Waals surface area contributed by atoms with Gasteiger partial charge in [-0.05, 0) is 50.8 Å². The van der Waals surface area contributed by atoms with Crippen LogP contribution in [0, 0.1) is 20.8 Å². The fraction of sp³-hybridized carbons (Fsp3) is 0.571. The molecule has 0 aliphatic rings. The Morgan fingerprint density at radius 2 is 1.76 bits per heavy atom. The number of nitrogens with one attached hydrogen (secondary N) is 1. The summed E-state index contributed by atoms with van der Waals surface area (Å²) >= 11 is 0. The van der Waals surface area contributed by atoms with E-state index in [1.807, 2.05) is 6.92 Å². The normalized spacial score (nSPS) is 14.7. The highest BCUT2D eigenvalue weighted by Crippen LogP contribution is 2.19. The van der Waals surface area contributed by atoms with Gasteiger partial charge in [0.05, 0.1) is 12.1 Å². The highest BCUT2D eigenvalue weighted by atomic mass is 16.5. The fourth-order valence-corrected chi connectivity index (χ4v) is 2.28.